The lowest BCUT2D eigenvalue weighted by molar-refractivity contribution is 0.938. The predicted molar refractivity (Wildman–Crippen MR) is 66.5 cm³/mol. The van der Waals surface area contributed by atoms with Crippen LogP contribution in [0, 0.1) is 25.2 Å². The Kier molecular flexibility index (Phi) is 3.68. The largest absolute Gasteiger partial charge is 0.355 e. The lowest BCUT2D eigenvalue weighted by atomic mass is 10.1. The number of likely N-dealkylation sites (N-methyl/N-ethyl adjacent to an activating group) is 1. The lowest BCUT2D eigenvalue weighted by Crippen LogP contribution is -2.22. The molecule has 0 aliphatic rings. The van der Waals surface area contributed by atoms with Crippen molar-refractivity contribution in [2.24, 2.45) is 0 Å². The van der Waals surface area contributed by atoms with E-state index in [1.54, 1.807) is 0 Å². The lowest BCUT2D eigenvalue weighted by Gasteiger charge is -2.20. The molecule has 0 spiro atoms. The SMILES string of the molecule is C=C(C)CN(C)c1nc(C)cc(C)c1C#N. The molecule has 0 saturated carbocycles. The maximum absolute atomic E-state index is 9.13. The van der Waals surface area contributed by atoms with Crippen LogP contribution >= 0.6 is 0 Å². The molecule has 1 heterocycles. The van der Waals surface area contributed by atoms with Gasteiger partial charge in [0.2, 0.25) is 0 Å². The molecule has 3 nitrogen and oxygen atoms in total. The van der Waals surface area contributed by atoms with Gasteiger partial charge in [0.25, 0.3) is 0 Å². The highest BCUT2D eigenvalue weighted by atomic mass is 15.2. The minimum Gasteiger partial charge on any atom is -0.355 e. The number of aromatic nitrogens is 1. The first-order valence-electron chi connectivity index (χ1n) is 5.19. The van der Waals surface area contributed by atoms with Gasteiger partial charge < -0.3 is 4.90 Å². The minimum atomic E-state index is 0.648. The standard InChI is InChI=1S/C13H17N3/c1-9(2)8-16(5)13-12(7-14)10(3)6-11(4)15-13/h6H,1,8H2,2-5H3. The summed E-state index contributed by atoms with van der Waals surface area (Å²) < 4.78 is 0. The first-order valence-corrected chi connectivity index (χ1v) is 5.19. The summed E-state index contributed by atoms with van der Waals surface area (Å²) in [5.41, 5.74) is 3.60. The molecule has 0 radical (unpaired) electrons. The van der Waals surface area contributed by atoms with Crippen LogP contribution in [0.25, 0.3) is 0 Å². The van der Waals surface area contributed by atoms with Gasteiger partial charge in [0.05, 0.1) is 5.56 Å². The summed E-state index contributed by atoms with van der Waals surface area (Å²) in [5, 5.41) is 9.13. The zero-order valence-corrected chi connectivity index (χ0v) is 10.3. The van der Waals surface area contributed by atoms with E-state index in [9.17, 15) is 0 Å². The Labute approximate surface area is 97.0 Å². The monoisotopic (exact) mass is 215 g/mol. The van der Waals surface area contributed by atoms with Crippen molar-refractivity contribution in [3.05, 3.63) is 35.0 Å². The summed E-state index contributed by atoms with van der Waals surface area (Å²) >= 11 is 0. The summed E-state index contributed by atoms with van der Waals surface area (Å²) in [7, 11) is 1.93. The molecule has 0 fully saturated rings. The Bertz CT molecular complexity index is 455. The molecule has 0 N–H and O–H groups in total. The summed E-state index contributed by atoms with van der Waals surface area (Å²) in [6.07, 6.45) is 0. The van der Waals surface area contributed by atoms with Crippen molar-refractivity contribution in [3.63, 3.8) is 0 Å². The molecule has 1 aromatic heterocycles. The number of nitriles is 1. The van der Waals surface area contributed by atoms with E-state index >= 15 is 0 Å². The Morgan fingerprint density at radius 3 is 2.69 bits per heavy atom. The quantitative estimate of drug-likeness (QED) is 0.727. The van der Waals surface area contributed by atoms with E-state index in [0.29, 0.717) is 12.1 Å². The van der Waals surface area contributed by atoms with E-state index in [1.807, 2.05) is 38.8 Å². The molecule has 0 amide bonds. The van der Waals surface area contributed by atoms with Gasteiger partial charge in [0, 0.05) is 19.3 Å². The highest BCUT2D eigenvalue weighted by Gasteiger charge is 2.12. The zero-order chi connectivity index (χ0) is 12.3. The van der Waals surface area contributed by atoms with Crippen molar-refractivity contribution in [3.8, 4) is 6.07 Å². The maximum atomic E-state index is 9.13. The smallest absolute Gasteiger partial charge is 0.147 e. The van der Waals surface area contributed by atoms with Gasteiger partial charge in [0.1, 0.15) is 11.9 Å². The van der Waals surface area contributed by atoms with E-state index in [4.69, 9.17) is 5.26 Å². The van der Waals surface area contributed by atoms with Crippen molar-refractivity contribution >= 4 is 5.82 Å². The molecular formula is C13H17N3. The molecule has 0 aliphatic carbocycles. The van der Waals surface area contributed by atoms with Gasteiger partial charge in [-0.05, 0) is 32.4 Å². The highest BCUT2D eigenvalue weighted by molar-refractivity contribution is 5.58. The normalized spacial score (nSPS) is 9.69. The van der Waals surface area contributed by atoms with Gasteiger partial charge in [-0.25, -0.2) is 4.98 Å². The second-order valence-corrected chi connectivity index (χ2v) is 4.20. The van der Waals surface area contributed by atoms with Crippen molar-refractivity contribution < 1.29 is 0 Å². The van der Waals surface area contributed by atoms with Crippen molar-refractivity contribution in [1.82, 2.24) is 4.98 Å². The number of hydrogen-bond acceptors (Lipinski definition) is 3. The van der Waals surface area contributed by atoms with Crippen LogP contribution in [0.4, 0.5) is 5.82 Å². The Hall–Kier alpha value is -1.82. The van der Waals surface area contributed by atoms with Crippen molar-refractivity contribution in [2.75, 3.05) is 18.5 Å². The zero-order valence-electron chi connectivity index (χ0n) is 10.3. The average molecular weight is 215 g/mol. The van der Waals surface area contributed by atoms with Gasteiger partial charge in [-0.1, -0.05) is 12.2 Å². The molecule has 0 unspecified atom stereocenters. The molecule has 0 aliphatic heterocycles. The van der Waals surface area contributed by atoms with Crippen molar-refractivity contribution in [1.29, 1.82) is 5.26 Å². The number of pyridine rings is 1. The van der Waals surface area contributed by atoms with E-state index in [2.05, 4.69) is 17.6 Å². The van der Waals surface area contributed by atoms with Crippen LogP contribution in [0.2, 0.25) is 0 Å². The molecule has 1 rings (SSSR count). The Balaban J connectivity index is 3.21. The summed E-state index contributed by atoms with van der Waals surface area (Å²) in [6, 6.07) is 4.14. The fourth-order valence-corrected chi connectivity index (χ4v) is 1.71. The van der Waals surface area contributed by atoms with Gasteiger partial charge >= 0.3 is 0 Å². The third kappa shape index (κ3) is 2.60. The summed E-state index contributed by atoms with van der Waals surface area (Å²) in [5.74, 6) is 0.739. The molecular weight excluding hydrogens is 198 g/mol. The van der Waals surface area contributed by atoms with E-state index in [-0.39, 0.29) is 0 Å². The molecule has 3 heteroatoms. The first-order chi connectivity index (χ1) is 7.45. The molecule has 0 atom stereocenters. The van der Waals surface area contributed by atoms with Gasteiger partial charge in [-0.15, -0.1) is 0 Å². The van der Waals surface area contributed by atoms with Crippen LogP contribution in [0.15, 0.2) is 18.2 Å². The average Bonchev–Trinajstić information content (AvgIpc) is 2.15. The number of hydrogen-bond donors (Lipinski definition) is 0. The maximum Gasteiger partial charge on any atom is 0.147 e. The van der Waals surface area contributed by atoms with Crippen LogP contribution in [-0.4, -0.2) is 18.6 Å². The summed E-state index contributed by atoms with van der Waals surface area (Å²) in [4.78, 5) is 6.38. The second-order valence-electron chi connectivity index (χ2n) is 4.20. The predicted octanol–water partition coefficient (Wildman–Crippen LogP) is 2.58. The minimum absolute atomic E-state index is 0.648. The third-order valence-corrected chi connectivity index (χ3v) is 2.31. The Morgan fingerprint density at radius 1 is 1.56 bits per heavy atom. The van der Waals surface area contributed by atoms with Gasteiger partial charge in [0.15, 0.2) is 0 Å². The number of aryl methyl sites for hydroxylation is 2. The fraction of sp³-hybridized carbons (Fsp3) is 0.385. The number of anilines is 1. The van der Waals surface area contributed by atoms with Crippen LogP contribution in [0.1, 0.15) is 23.7 Å². The van der Waals surface area contributed by atoms with Gasteiger partial charge in [-0.3, -0.25) is 0 Å². The molecule has 0 bridgehead atoms. The fourth-order valence-electron chi connectivity index (χ4n) is 1.71. The second kappa shape index (κ2) is 4.80. The highest BCUT2D eigenvalue weighted by Crippen LogP contribution is 2.21. The van der Waals surface area contributed by atoms with Gasteiger partial charge in [-0.2, -0.15) is 5.26 Å². The molecule has 16 heavy (non-hydrogen) atoms. The number of rotatable bonds is 3. The van der Waals surface area contributed by atoms with E-state index < -0.39 is 0 Å². The Morgan fingerprint density at radius 2 is 2.19 bits per heavy atom. The van der Waals surface area contributed by atoms with Crippen LogP contribution in [0.3, 0.4) is 0 Å². The third-order valence-electron chi connectivity index (χ3n) is 2.31. The van der Waals surface area contributed by atoms with Crippen LogP contribution in [0.5, 0.6) is 0 Å². The number of nitrogens with zero attached hydrogens (tertiary/aromatic N) is 3. The van der Waals surface area contributed by atoms with Crippen molar-refractivity contribution in [2.45, 2.75) is 20.8 Å². The van der Waals surface area contributed by atoms with E-state index in [1.165, 1.54) is 0 Å². The summed E-state index contributed by atoms with van der Waals surface area (Å²) in [6.45, 7) is 10.4. The molecule has 84 valence electrons. The molecule has 1 aromatic rings. The first kappa shape index (κ1) is 12.3. The molecule has 0 aromatic carbocycles. The van der Waals surface area contributed by atoms with Crippen LogP contribution in [-0.2, 0) is 0 Å². The van der Waals surface area contributed by atoms with E-state index in [0.717, 1.165) is 22.6 Å². The van der Waals surface area contributed by atoms with Crippen LogP contribution < -0.4 is 4.90 Å². The molecule has 0 saturated heterocycles. The topological polar surface area (TPSA) is 39.9 Å².